The summed E-state index contributed by atoms with van der Waals surface area (Å²) in [6.07, 6.45) is -4.58. The molecule has 0 radical (unpaired) electrons. The predicted octanol–water partition coefficient (Wildman–Crippen LogP) is 3.61. The average Bonchev–Trinajstić information content (AvgIpc) is 2.27. The maximum absolute atomic E-state index is 14.3. The molecule has 0 spiro atoms. The molecule has 1 rings (SSSR count). The van der Waals surface area contributed by atoms with Crippen molar-refractivity contribution in [1.29, 1.82) is 0 Å². The lowest BCUT2D eigenvalue weighted by molar-refractivity contribution is -0.146. The first-order chi connectivity index (χ1) is 8.06. The van der Waals surface area contributed by atoms with E-state index in [-0.39, 0.29) is 5.56 Å². The summed E-state index contributed by atoms with van der Waals surface area (Å²) in [6, 6.07) is 3.66. The van der Waals surface area contributed by atoms with Crippen LogP contribution in [-0.2, 0) is 16.6 Å². The Morgan fingerprint density at radius 1 is 1.22 bits per heavy atom. The van der Waals surface area contributed by atoms with E-state index in [9.17, 15) is 22.4 Å². The van der Waals surface area contributed by atoms with Crippen molar-refractivity contribution in [2.45, 2.75) is 25.7 Å². The number of rotatable bonds is 3. The lowest BCUT2D eigenvalue weighted by atomic mass is 9.85. The molecule has 0 fully saturated rings. The first kappa shape index (κ1) is 14.5. The van der Waals surface area contributed by atoms with Gasteiger partial charge in [0.2, 0.25) is 0 Å². The molecule has 0 aliphatic rings. The fraction of sp³-hybridized carbons (Fsp3) is 0.417. The zero-order valence-electron chi connectivity index (χ0n) is 9.75. The number of halogens is 4. The molecule has 0 saturated heterocycles. The lowest BCUT2D eigenvalue weighted by Crippen LogP contribution is -2.31. The van der Waals surface area contributed by atoms with Crippen molar-refractivity contribution in [2.24, 2.45) is 5.92 Å². The molecule has 1 N–H and O–H groups in total. The van der Waals surface area contributed by atoms with Gasteiger partial charge in [-0.05, 0) is 31.5 Å². The molecule has 0 heterocycles. The van der Waals surface area contributed by atoms with Crippen LogP contribution in [0.2, 0.25) is 0 Å². The van der Waals surface area contributed by atoms with E-state index in [4.69, 9.17) is 5.11 Å². The zero-order chi connectivity index (χ0) is 14.1. The van der Waals surface area contributed by atoms with Gasteiger partial charge in [-0.25, -0.2) is 4.39 Å². The molecule has 100 valence electrons. The molecule has 6 heteroatoms. The Bertz CT molecular complexity index is 452. The Labute approximate surface area is 101 Å². The molecule has 0 aliphatic heterocycles. The summed E-state index contributed by atoms with van der Waals surface area (Å²) in [5, 5.41) is 8.75. The minimum Gasteiger partial charge on any atom is -0.481 e. The van der Waals surface area contributed by atoms with Gasteiger partial charge < -0.3 is 5.11 Å². The number of benzene rings is 1. The van der Waals surface area contributed by atoms with Crippen molar-refractivity contribution in [2.75, 3.05) is 0 Å². The maximum atomic E-state index is 14.3. The summed E-state index contributed by atoms with van der Waals surface area (Å²) in [4.78, 5) is 10.7. The third kappa shape index (κ3) is 2.80. The minimum absolute atomic E-state index is 0.299. The van der Waals surface area contributed by atoms with E-state index in [0.29, 0.717) is 6.07 Å². The Morgan fingerprint density at radius 3 is 2.17 bits per heavy atom. The molecule has 2 atom stereocenters. The molecular formula is C12H12F4O2. The second-order valence-corrected chi connectivity index (χ2v) is 4.21. The van der Waals surface area contributed by atoms with E-state index in [1.165, 1.54) is 0 Å². The van der Waals surface area contributed by atoms with Gasteiger partial charge in [0.15, 0.2) is 0 Å². The number of carboxylic acids is 1. The summed E-state index contributed by atoms with van der Waals surface area (Å²) in [6.45, 7) is 2.07. The third-order valence-electron chi connectivity index (χ3n) is 2.94. The number of hydrogen-bond acceptors (Lipinski definition) is 1. The van der Waals surface area contributed by atoms with Gasteiger partial charge in [0, 0.05) is 0 Å². The van der Waals surface area contributed by atoms with Gasteiger partial charge in [-0.1, -0.05) is 12.1 Å². The van der Waals surface area contributed by atoms with Crippen molar-refractivity contribution in [3.63, 3.8) is 0 Å². The number of carbonyl (C=O) groups is 1. The fourth-order valence-corrected chi connectivity index (χ4v) is 1.48. The Balaban J connectivity index is 3.22. The van der Waals surface area contributed by atoms with Crippen LogP contribution in [0.25, 0.3) is 0 Å². The molecule has 0 saturated carbocycles. The monoisotopic (exact) mass is 264 g/mol. The highest BCUT2D eigenvalue weighted by Crippen LogP contribution is 2.37. The first-order valence-electron chi connectivity index (χ1n) is 5.16. The Kier molecular flexibility index (Phi) is 3.69. The van der Waals surface area contributed by atoms with Gasteiger partial charge in [0.05, 0.1) is 11.5 Å². The van der Waals surface area contributed by atoms with Gasteiger partial charge in [-0.2, -0.15) is 13.2 Å². The predicted molar refractivity (Wildman–Crippen MR) is 56.7 cm³/mol. The highest BCUT2D eigenvalue weighted by Gasteiger charge is 2.39. The van der Waals surface area contributed by atoms with E-state index >= 15 is 0 Å². The van der Waals surface area contributed by atoms with E-state index in [0.717, 1.165) is 32.0 Å². The van der Waals surface area contributed by atoms with Crippen LogP contribution in [-0.4, -0.2) is 11.1 Å². The number of alkyl halides is 4. The Morgan fingerprint density at radius 2 is 1.72 bits per heavy atom. The van der Waals surface area contributed by atoms with E-state index in [2.05, 4.69) is 0 Å². The summed E-state index contributed by atoms with van der Waals surface area (Å²) >= 11 is 0. The van der Waals surface area contributed by atoms with E-state index < -0.39 is 29.3 Å². The van der Waals surface area contributed by atoms with Crippen LogP contribution in [0.1, 0.15) is 25.0 Å². The highest BCUT2D eigenvalue weighted by atomic mass is 19.4. The lowest BCUT2D eigenvalue weighted by Gasteiger charge is -2.25. The first-order valence-corrected chi connectivity index (χ1v) is 5.16. The molecule has 18 heavy (non-hydrogen) atoms. The van der Waals surface area contributed by atoms with Crippen LogP contribution in [0, 0.1) is 5.92 Å². The maximum Gasteiger partial charge on any atom is 0.416 e. The normalized spacial score (nSPS) is 17.0. The van der Waals surface area contributed by atoms with Gasteiger partial charge >= 0.3 is 12.1 Å². The SMILES string of the molecule is CC(C(=O)O)C(C)(F)c1cccc(C(F)(F)F)c1. The fourth-order valence-electron chi connectivity index (χ4n) is 1.48. The minimum atomic E-state index is -4.58. The molecule has 2 unspecified atom stereocenters. The van der Waals surface area contributed by atoms with Crippen LogP contribution in [0.5, 0.6) is 0 Å². The average molecular weight is 264 g/mol. The van der Waals surface area contributed by atoms with E-state index in [1.54, 1.807) is 0 Å². The van der Waals surface area contributed by atoms with Crippen molar-refractivity contribution < 1.29 is 27.5 Å². The van der Waals surface area contributed by atoms with Crippen molar-refractivity contribution in [3.8, 4) is 0 Å². The van der Waals surface area contributed by atoms with Gasteiger partial charge in [-0.15, -0.1) is 0 Å². The molecule has 0 aliphatic carbocycles. The Hall–Kier alpha value is -1.59. The van der Waals surface area contributed by atoms with Gasteiger partial charge in [-0.3, -0.25) is 4.79 Å². The van der Waals surface area contributed by atoms with Crippen LogP contribution < -0.4 is 0 Å². The smallest absolute Gasteiger partial charge is 0.416 e. The van der Waals surface area contributed by atoms with Crippen LogP contribution >= 0.6 is 0 Å². The van der Waals surface area contributed by atoms with E-state index in [1.807, 2.05) is 0 Å². The van der Waals surface area contributed by atoms with Crippen LogP contribution in [0.4, 0.5) is 17.6 Å². The summed E-state index contributed by atoms with van der Waals surface area (Å²) in [5.41, 5.74) is -3.67. The summed E-state index contributed by atoms with van der Waals surface area (Å²) in [7, 11) is 0. The molecule has 0 bridgehead atoms. The number of aliphatic carboxylic acids is 1. The standard InChI is InChI=1S/C12H12F4O2/c1-7(10(17)18)11(2,13)8-4-3-5-9(6-8)12(14,15)16/h3-7H,1-2H3,(H,17,18). The van der Waals surface area contributed by atoms with Crippen LogP contribution in [0.3, 0.4) is 0 Å². The third-order valence-corrected chi connectivity index (χ3v) is 2.94. The largest absolute Gasteiger partial charge is 0.481 e. The van der Waals surface area contributed by atoms with Crippen molar-refractivity contribution in [1.82, 2.24) is 0 Å². The molecule has 1 aromatic carbocycles. The van der Waals surface area contributed by atoms with Crippen molar-refractivity contribution in [3.05, 3.63) is 35.4 Å². The van der Waals surface area contributed by atoms with Crippen molar-refractivity contribution >= 4 is 5.97 Å². The number of carboxylic acid groups (broad SMARTS) is 1. The second-order valence-electron chi connectivity index (χ2n) is 4.21. The summed E-state index contributed by atoms with van der Waals surface area (Å²) in [5.74, 6) is -2.85. The van der Waals surface area contributed by atoms with Gasteiger partial charge in [0.1, 0.15) is 5.67 Å². The molecule has 2 nitrogen and oxygen atoms in total. The topological polar surface area (TPSA) is 37.3 Å². The highest BCUT2D eigenvalue weighted by molar-refractivity contribution is 5.71. The zero-order valence-corrected chi connectivity index (χ0v) is 9.75. The summed E-state index contributed by atoms with van der Waals surface area (Å²) < 4.78 is 51.7. The molecule has 0 aromatic heterocycles. The quantitative estimate of drug-likeness (QED) is 0.847. The molecule has 0 amide bonds. The molecular weight excluding hydrogens is 252 g/mol. The molecule has 1 aromatic rings. The second kappa shape index (κ2) is 4.59. The van der Waals surface area contributed by atoms with Gasteiger partial charge in [0.25, 0.3) is 0 Å². The number of hydrogen-bond donors (Lipinski definition) is 1. The van der Waals surface area contributed by atoms with Crippen LogP contribution in [0.15, 0.2) is 24.3 Å².